The van der Waals surface area contributed by atoms with Gasteiger partial charge in [0, 0.05) is 35.2 Å². The maximum Gasteiger partial charge on any atom is 0.323 e. The summed E-state index contributed by atoms with van der Waals surface area (Å²) in [6.07, 6.45) is 6.58. The van der Waals surface area contributed by atoms with E-state index in [0.717, 1.165) is 21.9 Å². The predicted molar refractivity (Wildman–Crippen MR) is 130 cm³/mol. The summed E-state index contributed by atoms with van der Waals surface area (Å²) in [6, 6.07) is 18.3. The van der Waals surface area contributed by atoms with Crippen molar-refractivity contribution in [3.63, 3.8) is 0 Å². The topological polar surface area (TPSA) is 83.1 Å². The van der Waals surface area contributed by atoms with Crippen molar-refractivity contribution >= 4 is 45.8 Å². The Bertz CT molecular complexity index is 1350. The molecule has 1 aromatic heterocycles. The predicted octanol–water partition coefficient (Wildman–Crippen LogP) is 5.98. The van der Waals surface area contributed by atoms with Gasteiger partial charge in [-0.25, -0.2) is 9.18 Å². The summed E-state index contributed by atoms with van der Waals surface area (Å²) >= 11 is 0. The molecule has 0 spiro atoms. The van der Waals surface area contributed by atoms with Crippen molar-refractivity contribution in [2.75, 3.05) is 16.0 Å². The zero-order valence-electron chi connectivity index (χ0n) is 17.8. The van der Waals surface area contributed by atoms with Crippen LogP contribution in [0.3, 0.4) is 0 Å². The molecule has 0 fully saturated rings. The van der Waals surface area contributed by atoms with Gasteiger partial charge in [0.1, 0.15) is 5.82 Å². The summed E-state index contributed by atoms with van der Waals surface area (Å²) in [5, 5.41) is 9.96. The quantitative estimate of drug-likeness (QED) is 0.334. The summed E-state index contributed by atoms with van der Waals surface area (Å²) in [5.74, 6) is -0.764. The minimum atomic E-state index is -0.548. The Morgan fingerprint density at radius 3 is 2.45 bits per heavy atom. The lowest BCUT2D eigenvalue weighted by Crippen LogP contribution is -2.20. The van der Waals surface area contributed by atoms with Crippen LogP contribution in [0.1, 0.15) is 11.1 Å². The van der Waals surface area contributed by atoms with Crippen LogP contribution in [0.4, 0.5) is 26.2 Å². The van der Waals surface area contributed by atoms with E-state index in [1.54, 1.807) is 54.9 Å². The second kappa shape index (κ2) is 9.74. The van der Waals surface area contributed by atoms with Crippen LogP contribution in [0.2, 0.25) is 0 Å². The van der Waals surface area contributed by atoms with E-state index in [9.17, 15) is 14.0 Å². The maximum absolute atomic E-state index is 13.8. The van der Waals surface area contributed by atoms with Gasteiger partial charge in [0.2, 0.25) is 5.91 Å². The molecule has 0 radical (unpaired) electrons. The number of urea groups is 1. The van der Waals surface area contributed by atoms with Gasteiger partial charge in [-0.3, -0.25) is 9.78 Å². The molecule has 0 aliphatic heterocycles. The van der Waals surface area contributed by atoms with Crippen LogP contribution in [0.5, 0.6) is 0 Å². The van der Waals surface area contributed by atoms with Gasteiger partial charge in [-0.05, 0) is 72.0 Å². The van der Waals surface area contributed by atoms with Gasteiger partial charge in [-0.1, -0.05) is 24.3 Å². The number of carbonyl (C=O) groups is 2. The first-order chi connectivity index (χ1) is 16.0. The highest BCUT2D eigenvalue weighted by molar-refractivity contribution is 6.03. The molecule has 0 bridgehead atoms. The average molecular weight is 440 g/mol. The van der Waals surface area contributed by atoms with Crippen LogP contribution in [-0.4, -0.2) is 16.9 Å². The fraction of sp³-hybridized carbons (Fsp3) is 0.0385. The van der Waals surface area contributed by atoms with Crippen LogP contribution in [0, 0.1) is 12.7 Å². The Hall–Kier alpha value is -4.52. The number of aromatic nitrogens is 1. The van der Waals surface area contributed by atoms with E-state index >= 15 is 0 Å². The number of pyridine rings is 1. The standard InChI is InChI=1S/C26H21FN4O2/c1-17-2-10-23(27)24(14-17)31-26(33)30-21-7-3-18(4-8-21)5-11-25(32)29-22-9-6-20-16-28-13-12-19(20)15-22/h2-16H,1H3,(H,29,32)(H2,30,31,33). The molecule has 0 unspecified atom stereocenters. The van der Waals surface area contributed by atoms with Crippen molar-refractivity contribution in [1.29, 1.82) is 0 Å². The summed E-state index contributed by atoms with van der Waals surface area (Å²) < 4.78 is 13.8. The van der Waals surface area contributed by atoms with Crippen molar-refractivity contribution in [2.45, 2.75) is 6.92 Å². The van der Waals surface area contributed by atoms with Crippen LogP contribution in [0.25, 0.3) is 16.8 Å². The summed E-state index contributed by atoms with van der Waals surface area (Å²) in [4.78, 5) is 28.5. The number of hydrogen-bond donors (Lipinski definition) is 3. The number of nitrogens with one attached hydrogen (secondary N) is 3. The molecular weight excluding hydrogens is 419 g/mol. The molecule has 6 nitrogen and oxygen atoms in total. The van der Waals surface area contributed by atoms with Crippen molar-refractivity contribution in [1.82, 2.24) is 4.98 Å². The fourth-order valence-corrected chi connectivity index (χ4v) is 3.21. The minimum absolute atomic E-state index is 0.112. The number of aryl methyl sites for hydroxylation is 1. The van der Waals surface area contributed by atoms with Crippen LogP contribution >= 0.6 is 0 Å². The normalized spacial score (nSPS) is 10.8. The molecule has 0 atom stereocenters. The number of nitrogens with zero attached hydrogens (tertiary/aromatic N) is 1. The van der Waals surface area contributed by atoms with Crippen LogP contribution in [0.15, 0.2) is 85.2 Å². The Kier molecular flexibility index (Phi) is 6.40. The highest BCUT2D eigenvalue weighted by Gasteiger charge is 2.07. The summed E-state index contributed by atoms with van der Waals surface area (Å²) in [7, 11) is 0. The average Bonchev–Trinajstić information content (AvgIpc) is 2.81. The van der Waals surface area contributed by atoms with E-state index in [0.29, 0.717) is 11.4 Å². The first kappa shape index (κ1) is 21.7. The molecule has 3 N–H and O–H groups in total. The molecule has 1 heterocycles. The van der Waals surface area contributed by atoms with Gasteiger partial charge in [-0.2, -0.15) is 0 Å². The van der Waals surface area contributed by atoms with E-state index in [-0.39, 0.29) is 11.6 Å². The Balaban J connectivity index is 1.33. The van der Waals surface area contributed by atoms with E-state index in [1.165, 1.54) is 12.1 Å². The molecule has 33 heavy (non-hydrogen) atoms. The van der Waals surface area contributed by atoms with Crippen molar-refractivity contribution in [2.24, 2.45) is 0 Å². The SMILES string of the molecule is Cc1ccc(F)c(NC(=O)Nc2ccc(C=CC(=O)Nc3ccc4cnccc4c3)cc2)c1. The number of hydrogen-bond acceptors (Lipinski definition) is 3. The maximum atomic E-state index is 13.8. The number of benzene rings is 3. The number of anilines is 3. The van der Waals surface area contributed by atoms with Crippen LogP contribution < -0.4 is 16.0 Å². The first-order valence-corrected chi connectivity index (χ1v) is 10.2. The van der Waals surface area contributed by atoms with Gasteiger partial charge >= 0.3 is 6.03 Å². The van der Waals surface area contributed by atoms with Crippen LogP contribution in [-0.2, 0) is 4.79 Å². The summed E-state index contributed by atoms with van der Waals surface area (Å²) in [6.45, 7) is 1.81. The third kappa shape index (κ3) is 5.80. The lowest BCUT2D eigenvalue weighted by Gasteiger charge is -2.09. The Labute approximate surface area is 190 Å². The number of fused-ring (bicyclic) bond motifs is 1. The Morgan fingerprint density at radius 1 is 0.848 bits per heavy atom. The molecule has 3 aromatic carbocycles. The van der Waals surface area contributed by atoms with Gasteiger partial charge < -0.3 is 16.0 Å². The van der Waals surface area contributed by atoms with E-state index in [2.05, 4.69) is 20.9 Å². The van der Waals surface area contributed by atoms with Crippen molar-refractivity contribution in [3.8, 4) is 0 Å². The molecule has 7 heteroatoms. The second-order valence-electron chi connectivity index (χ2n) is 7.44. The third-order valence-electron chi connectivity index (χ3n) is 4.87. The highest BCUT2D eigenvalue weighted by Crippen LogP contribution is 2.19. The molecule has 0 aliphatic rings. The number of rotatable bonds is 5. The second-order valence-corrected chi connectivity index (χ2v) is 7.44. The molecule has 0 aliphatic carbocycles. The lowest BCUT2D eigenvalue weighted by molar-refractivity contribution is -0.111. The molecule has 0 saturated heterocycles. The van der Waals surface area contributed by atoms with Gasteiger partial charge in [-0.15, -0.1) is 0 Å². The first-order valence-electron chi connectivity index (χ1n) is 10.2. The molecule has 0 saturated carbocycles. The van der Waals surface area contributed by atoms with Crippen molar-refractivity contribution < 1.29 is 14.0 Å². The van der Waals surface area contributed by atoms with E-state index in [1.807, 2.05) is 31.2 Å². The molecular formula is C26H21FN4O2. The van der Waals surface area contributed by atoms with E-state index in [4.69, 9.17) is 0 Å². The lowest BCUT2D eigenvalue weighted by atomic mass is 10.1. The van der Waals surface area contributed by atoms with E-state index < -0.39 is 11.8 Å². The molecule has 4 rings (SSSR count). The fourth-order valence-electron chi connectivity index (χ4n) is 3.21. The number of amides is 3. The van der Waals surface area contributed by atoms with Gasteiger partial charge in [0.15, 0.2) is 0 Å². The third-order valence-corrected chi connectivity index (χ3v) is 4.87. The largest absolute Gasteiger partial charge is 0.323 e. The van der Waals surface area contributed by atoms with Crippen molar-refractivity contribution in [3.05, 3.63) is 102 Å². The molecule has 4 aromatic rings. The highest BCUT2D eigenvalue weighted by atomic mass is 19.1. The molecule has 164 valence electrons. The zero-order chi connectivity index (χ0) is 23.2. The number of halogens is 1. The number of carbonyl (C=O) groups excluding carboxylic acids is 2. The summed E-state index contributed by atoms with van der Waals surface area (Å²) in [5.41, 5.74) is 2.96. The monoisotopic (exact) mass is 440 g/mol. The van der Waals surface area contributed by atoms with Gasteiger partial charge in [0.25, 0.3) is 0 Å². The minimum Gasteiger partial charge on any atom is -0.322 e. The van der Waals surface area contributed by atoms with Gasteiger partial charge in [0.05, 0.1) is 5.69 Å². The molecule has 3 amide bonds. The Morgan fingerprint density at radius 2 is 1.64 bits per heavy atom. The zero-order valence-corrected chi connectivity index (χ0v) is 17.8. The smallest absolute Gasteiger partial charge is 0.322 e.